The molecule has 2 aromatic heterocycles. The van der Waals surface area contributed by atoms with Crippen LogP contribution in [0.25, 0.3) is 45.9 Å². The number of hydrogen-bond donors (Lipinski definition) is 0. The SMILES string of the molecule is C1=CC2=[N+](c3ccc4sc5ccccc5c4c3)c3ccccc3N3c4c(ccc5c4sc4ccccc45)C(=C1)C23. The number of anilines is 2. The first-order valence-electron chi connectivity index (χ1n) is 13.6. The number of allylic oxidation sites excluding steroid dienone is 2. The third kappa shape index (κ3) is 2.61. The van der Waals surface area contributed by atoms with Crippen LogP contribution in [-0.2, 0) is 0 Å². The molecule has 0 amide bonds. The van der Waals surface area contributed by atoms with Crippen LogP contribution >= 0.6 is 22.7 Å². The van der Waals surface area contributed by atoms with Crippen molar-refractivity contribution in [3.63, 3.8) is 0 Å². The summed E-state index contributed by atoms with van der Waals surface area (Å²) in [6, 6.07) is 38.4. The van der Waals surface area contributed by atoms with Crippen molar-refractivity contribution in [2.75, 3.05) is 4.90 Å². The molecule has 186 valence electrons. The van der Waals surface area contributed by atoms with E-state index in [1.807, 2.05) is 22.7 Å². The van der Waals surface area contributed by atoms with Gasteiger partial charge in [0.25, 0.3) is 0 Å². The second-order valence-electron chi connectivity index (χ2n) is 10.7. The third-order valence-corrected chi connectivity index (χ3v) is 11.1. The highest BCUT2D eigenvalue weighted by Crippen LogP contribution is 2.56. The lowest BCUT2D eigenvalue weighted by atomic mass is 9.92. The van der Waals surface area contributed by atoms with Crippen molar-refractivity contribution in [2.45, 2.75) is 6.04 Å². The number of nitrogens with zero attached hydrogens (tertiary/aromatic N) is 2. The number of para-hydroxylation sites is 2. The second kappa shape index (κ2) is 7.57. The van der Waals surface area contributed by atoms with Gasteiger partial charge < -0.3 is 4.90 Å². The van der Waals surface area contributed by atoms with Gasteiger partial charge in [-0.25, -0.2) is 0 Å². The normalized spacial score (nSPS) is 17.1. The Morgan fingerprint density at radius 3 is 2.30 bits per heavy atom. The summed E-state index contributed by atoms with van der Waals surface area (Å²) in [7, 11) is 0. The highest BCUT2D eigenvalue weighted by molar-refractivity contribution is 7.26. The van der Waals surface area contributed by atoms with Crippen LogP contribution < -0.4 is 9.48 Å². The molecule has 4 heterocycles. The van der Waals surface area contributed by atoms with E-state index in [1.165, 1.54) is 79.9 Å². The maximum Gasteiger partial charge on any atom is 0.235 e. The molecule has 10 rings (SSSR count). The van der Waals surface area contributed by atoms with Crippen molar-refractivity contribution in [3.8, 4) is 0 Å². The summed E-state index contributed by atoms with van der Waals surface area (Å²) in [4.78, 5) is 2.61. The third-order valence-electron chi connectivity index (χ3n) is 8.71. The predicted octanol–water partition coefficient (Wildman–Crippen LogP) is 10.2. The van der Waals surface area contributed by atoms with Crippen LogP contribution in [0.15, 0.2) is 121 Å². The maximum atomic E-state index is 2.61. The lowest BCUT2D eigenvalue weighted by molar-refractivity contribution is 0.934. The van der Waals surface area contributed by atoms with Crippen LogP contribution in [0, 0.1) is 0 Å². The lowest BCUT2D eigenvalue weighted by Crippen LogP contribution is -2.43. The van der Waals surface area contributed by atoms with E-state index >= 15 is 0 Å². The van der Waals surface area contributed by atoms with Crippen molar-refractivity contribution in [3.05, 3.63) is 127 Å². The van der Waals surface area contributed by atoms with Crippen LogP contribution in [0.1, 0.15) is 5.56 Å². The number of hydrogen-bond acceptors (Lipinski definition) is 3. The molecule has 4 heteroatoms. The Labute approximate surface area is 238 Å². The predicted molar refractivity (Wildman–Crippen MR) is 175 cm³/mol. The second-order valence-corrected chi connectivity index (χ2v) is 12.9. The van der Waals surface area contributed by atoms with Gasteiger partial charge in [-0.15, -0.1) is 22.7 Å². The molecule has 0 saturated carbocycles. The standard InChI is InChI=1S/C36H21N2S2/c1-6-15-32-22(8-1)26-18-17-25-24-10-7-13-30-34(24)38(35(25)36(26)40-32)29-12-4-3-11-28(29)37(30)21-16-19-33-27(20-21)23-9-2-5-14-31(23)39-33/h1-20,34H/q+1. The van der Waals surface area contributed by atoms with Crippen LogP contribution in [0.4, 0.5) is 22.7 Å². The molecule has 0 bridgehead atoms. The monoisotopic (exact) mass is 545 g/mol. The summed E-state index contributed by atoms with van der Waals surface area (Å²) in [5.74, 6) is 0. The van der Waals surface area contributed by atoms with Crippen LogP contribution in [0.2, 0.25) is 0 Å². The molecule has 0 saturated heterocycles. The molecule has 2 aliphatic heterocycles. The van der Waals surface area contributed by atoms with Gasteiger partial charge in [0, 0.05) is 65.5 Å². The number of benzene rings is 5. The Hall–Kier alpha value is -4.51. The summed E-state index contributed by atoms with van der Waals surface area (Å²) in [5.41, 5.74) is 9.09. The van der Waals surface area contributed by atoms with Gasteiger partial charge in [-0.2, -0.15) is 4.58 Å². The van der Waals surface area contributed by atoms with Crippen LogP contribution in [-0.4, -0.2) is 11.8 Å². The Balaban J connectivity index is 1.28. The Bertz CT molecular complexity index is 2350. The van der Waals surface area contributed by atoms with Gasteiger partial charge in [0.05, 0.1) is 10.4 Å². The first-order chi connectivity index (χ1) is 19.8. The largest absolute Gasteiger partial charge is 0.316 e. The average Bonchev–Trinajstić information content (AvgIpc) is 3.67. The van der Waals surface area contributed by atoms with Crippen molar-refractivity contribution in [1.29, 1.82) is 0 Å². The molecule has 1 aliphatic carbocycles. The highest BCUT2D eigenvalue weighted by atomic mass is 32.1. The molecular formula is C36H21N2S2+. The average molecular weight is 546 g/mol. The number of thiophene rings is 2. The Morgan fingerprint density at radius 1 is 0.650 bits per heavy atom. The summed E-state index contributed by atoms with van der Waals surface area (Å²) >= 11 is 3.80. The zero-order valence-corrected chi connectivity index (χ0v) is 23.0. The van der Waals surface area contributed by atoms with Crippen molar-refractivity contribution in [2.24, 2.45) is 0 Å². The Morgan fingerprint density at radius 2 is 1.40 bits per heavy atom. The minimum atomic E-state index is 0.139. The van der Waals surface area contributed by atoms with E-state index < -0.39 is 0 Å². The fraction of sp³-hybridized carbons (Fsp3) is 0.0278. The highest BCUT2D eigenvalue weighted by Gasteiger charge is 2.49. The quantitative estimate of drug-likeness (QED) is 0.186. The molecule has 2 nitrogen and oxygen atoms in total. The van der Waals surface area contributed by atoms with Crippen molar-refractivity contribution >= 4 is 97.1 Å². The van der Waals surface area contributed by atoms with Gasteiger partial charge in [-0.05, 0) is 29.8 Å². The lowest BCUT2D eigenvalue weighted by Gasteiger charge is -2.32. The summed E-state index contributed by atoms with van der Waals surface area (Å²) in [6.07, 6.45) is 6.89. The van der Waals surface area contributed by atoms with E-state index in [9.17, 15) is 0 Å². The molecule has 7 aromatic rings. The van der Waals surface area contributed by atoms with Gasteiger partial charge >= 0.3 is 0 Å². The zero-order valence-electron chi connectivity index (χ0n) is 21.3. The van der Waals surface area contributed by atoms with Gasteiger partial charge in [-0.3, -0.25) is 0 Å². The smallest absolute Gasteiger partial charge is 0.235 e. The molecule has 1 atom stereocenters. The number of fused-ring (bicyclic) bond motifs is 12. The Kier molecular flexibility index (Phi) is 4.04. The summed E-state index contributed by atoms with van der Waals surface area (Å²) in [5, 5.41) is 5.36. The molecule has 3 aliphatic rings. The molecule has 0 N–H and O–H groups in total. The summed E-state index contributed by atoms with van der Waals surface area (Å²) < 4.78 is 7.90. The van der Waals surface area contributed by atoms with E-state index in [2.05, 4.69) is 131 Å². The minimum absolute atomic E-state index is 0.139. The topological polar surface area (TPSA) is 6.25 Å². The van der Waals surface area contributed by atoms with Crippen molar-refractivity contribution in [1.82, 2.24) is 4.58 Å². The van der Waals surface area contributed by atoms with Gasteiger partial charge in [0.1, 0.15) is 11.7 Å². The molecule has 1 unspecified atom stereocenters. The van der Waals surface area contributed by atoms with Gasteiger partial charge in [0.2, 0.25) is 17.1 Å². The zero-order chi connectivity index (χ0) is 25.9. The van der Waals surface area contributed by atoms with E-state index in [0.29, 0.717) is 0 Å². The molecular weight excluding hydrogens is 525 g/mol. The number of rotatable bonds is 1. The van der Waals surface area contributed by atoms with Crippen LogP contribution in [0.5, 0.6) is 0 Å². The molecule has 0 spiro atoms. The van der Waals surface area contributed by atoms with Gasteiger partial charge in [-0.1, -0.05) is 72.8 Å². The van der Waals surface area contributed by atoms with E-state index in [1.54, 1.807) is 0 Å². The van der Waals surface area contributed by atoms with E-state index in [0.717, 1.165) is 0 Å². The summed E-state index contributed by atoms with van der Waals surface area (Å²) in [6.45, 7) is 0. The maximum absolute atomic E-state index is 2.61. The van der Waals surface area contributed by atoms with E-state index in [4.69, 9.17) is 0 Å². The minimum Gasteiger partial charge on any atom is -0.316 e. The fourth-order valence-corrected chi connectivity index (χ4v) is 9.40. The molecule has 0 radical (unpaired) electrons. The van der Waals surface area contributed by atoms with Crippen molar-refractivity contribution < 1.29 is 0 Å². The van der Waals surface area contributed by atoms with E-state index in [-0.39, 0.29) is 6.04 Å². The molecule has 0 fully saturated rings. The van der Waals surface area contributed by atoms with Crippen LogP contribution in [0.3, 0.4) is 0 Å². The molecule has 5 aromatic carbocycles. The first kappa shape index (κ1) is 21.3. The first-order valence-corrected chi connectivity index (χ1v) is 15.3. The molecule has 40 heavy (non-hydrogen) atoms. The fourth-order valence-electron chi connectivity index (χ4n) is 7.07. The van der Waals surface area contributed by atoms with Gasteiger partial charge in [0.15, 0.2) is 0 Å².